The van der Waals surface area contributed by atoms with Crippen molar-refractivity contribution in [2.24, 2.45) is 0 Å². The van der Waals surface area contributed by atoms with E-state index in [-0.39, 0.29) is 5.12 Å². The van der Waals surface area contributed by atoms with Crippen molar-refractivity contribution in [1.82, 2.24) is 0 Å². The normalized spacial score (nSPS) is 12.1. The summed E-state index contributed by atoms with van der Waals surface area (Å²) >= 11 is 1.20. The average Bonchev–Trinajstić information content (AvgIpc) is 2.25. The Morgan fingerprint density at radius 1 is 1.38 bits per heavy atom. The van der Waals surface area contributed by atoms with Gasteiger partial charge in [-0.15, -0.1) is 0 Å². The second-order valence-corrected chi connectivity index (χ2v) is 4.69. The molecule has 0 amide bonds. The van der Waals surface area contributed by atoms with Gasteiger partial charge in [-0.05, 0) is 18.1 Å². The third kappa shape index (κ3) is 3.38. The van der Waals surface area contributed by atoms with Gasteiger partial charge in [-0.3, -0.25) is 9.59 Å². The maximum atomic E-state index is 10.9. The fourth-order valence-corrected chi connectivity index (χ4v) is 2.02. The molecule has 0 bridgehead atoms. The van der Waals surface area contributed by atoms with E-state index in [2.05, 4.69) is 0 Å². The van der Waals surface area contributed by atoms with Crippen molar-refractivity contribution in [1.29, 1.82) is 0 Å². The van der Waals surface area contributed by atoms with E-state index < -0.39 is 11.9 Å². The number of carbonyl (C=O) groups is 2. The van der Waals surface area contributed by atoms with Crippen molar-refractivity contribution < 1.29 is 14.7 Å². The SMILES string of the molecule is CC(=O)SCc1ccccc1C(C)C(=O)O. The predicted octanol–water partition coefficient (Wildman–Crippen LogP) is 2.65. The molecular formula is C12H14O3S. The summed E-state index contributed by atoms with van der Waals surface area (Å²) in [5, 5.41) is 9.00. The van der Waals surface area contributed by atoms with Gasteiger partial charge in [-0.25, -0.2) is 0 Å². The van der Waals surface area contributed by atoms with Crippen LogP contribution in [0.4, 0.5) is 0 Å². The first-order valence-electron chi connectivity index (χ1n) is 4.96. The van der Waals surface area contributed by atoms with Crippen LogP contribution in [0.25, 0.3) is 0 Å². The van der Waals surface area contributed by atoms with Crippen LogP contribution in [0.3, 0.4) is 0 Å². The number of aliphatic carboxylic acids is 1. The maximum Gasteiger partial charge on any atom is 0.310 e. The Bertz CT molecular complexity index is 401. The van der Waals surface area contributed by atoms with Crippen molar-refractivity contribution in [3.05, 3.63) is 35.4 Å². The van der Waals surface area contributed by atoms with E-state index in [1.165, 1.54) is 18.7 Å². The van der Waals surface area contributed by atoms with E-state index in [0.717, 1.165) is 11.1 Å². The van der Waals surface area contributed by atoms with Gasteiger partial charge < -0.3 is 5.11 Å². The van der Waals surface area contributed by atoms with Crippen LogP contribution >= 0.6 is 11.8 Å². The quantitative estimate of drug-likeness (QED) is 0.876. The smallest absolute Gasteiger partial charge is 0.310 e. The molecule has 0 aliphatic carbocycles. The van der Waals surface area contributed by atoms with Gasteiger partial charge in [0.2, 0.25) is 0 Å². The standard InChI is InChI=1S/C12H14O3S/c1-8(12(14)15)11-6-4-3-5-10(11)7-16-9(2)13/h3-6,8H,7H2,1-2H3,(H,14,15). The zero-order chi connectivity index (χ0) is 12.1. The highest BCUT2D eigenvalue weighted by Gasteiger charge is 2.16. The van der Waals surface area contributed by atoms with Crippen LogP contribution < -0.4 is 0 Å². The second kappa shape index (κ2) is 5.70. The molecule has 1 aromatic carbocycles. The zero-order valence-corrected chi connectivity index (χ0v) is 10.1. The summed E-state index contributed by atoms with van der Waals surface area (Å²) in [4.78, 5) is 21.8. The number of hydrogen-bond donors (Lipinski definition) is 1. The number of benzene rings is 1. The minimum atomic E-state index is -0.847. The van der Waals surface area contributed by atoms with Gasteiger partial charge in [0.1, 0.15) is 0 Å². The molecule has 0 fully saturated rings. The molecule has 1 atom stereocenters. The maximum absolute atomic E-state index is 10.9. The molecular weight excluding hydrogens is 224 g/mol. The predicted molar refractivity (Wildman–Crippen MR) is 64.5 cm³/mol. The lowest BCUT2D eigenvalue weighted by atomic mass is 9.97. The Hall–Kier alpha value is -1.29. The number of carboxylic acids is 1. The Balaban J connectivity index is 2.91. The lowest BCUT2D eigenvalue weighted by Crippen LogP contribution is -2.09. The molecule has 0 aliphatic heterocycles. The van der Waals surface area contributed by atoms with Crippen LogP contribution in [0, 0.1) is 0 Å². The van der Waals surface area contributed by atoms with Gasteiger partial charge in [-0.2, -0.15) is 0 Å². The molecule has 0 aliphatic rings. The third-order valence-electron chi connectivity index (χ3n) is 2.32. The van der Waals surface area contributed by atoms with Crippen LogP contribution in [0.1, 0.15) is 30.9 Å². The Morgan fingerprint density at radius 2 is 2.00 bits per heavy atom. The van der Waals surface area contributed by atoms with E-state index in [1.807, 2.05) is 18.2 Å². The summed E-state index contributed by atoms with van der Waals surface area (Å²) in [5.41, 5.74) is 1.70. The van der Waals surface area contributed by atoms with Crippen LogP contribution in [0.5, 0.6) is 0 Å². The molecule has 0 radical (unpaired) electrons. The van der Waals surface area contributed by atoms with Crippen molar-refractivity contribution in [2.45, 2.75) is 25.5 Å². The van der Waals surface area contributed by atoms with Gasteiger partial charge in [0, 0.05) is 12.7 Å². The molecule has 0 aromatic heterocycles. The monoisotopic (exact) mass is 238 g/mol. The summed E-state index contributed by atoms with van der Waals surface area (Å²) in [6.07, 6.45) is 0. The van der Waals surface area contributed by atoms with Gasteiger partial charge >= 0.3 is 5.97 Å². The summed E-state index contributed by atoms with van der Waals surface area (Å²) in [5.74, 6) is -0.854. The van der Waals surface area contributed by atoms with Crippen molar-refractivity contribution >= 4 is 22.8 Å². The van der Waals surface area contributed by atoms with E-state index in [4.69, 9.17) is 5.11 Å². The first-order chi connectivity index (χ1) is 7.52. The van der Waals surface area contributed by atoms with Gasteiger partial charge in [0.25, 0.3) is 0 Å². The fourth-order valence-electron chi connectivity index (χ4n) is 1.40. The molecule has 0 heterocycles. The Kier molecular flexibility index (Phi) is 4.55. The van der Waals surface area contributed by atoms with Gasteiger partial charge in [0.05, 0.1) is 5.92 Å². The first kappa shape index (κ1) is 12.8. The van der Waals surface area contributed by atoms with Crippen LogP contribution in [-0.2, 0) is 15.3 Å². The first-order valence-corrected chi connectivity index (χ1v) is 5.95. The molecule has 16 heavy (non-hydrogen) atoms. The van der Waals surface area contributed by atoms with E-state index >= 15 is 0 Å². The van der Waals surface area contributed by atoms with Crippen LogP contribution in [-0.4, -0.2) is 16.2 Å². The molecule has 0 saturated heterocycles. The van der Waals surface area contributed by atoms with Gasteiger partial charge in [0.15, 0.2) is 5.12 Å². The molecule has 1 rings (SSSR count). The highest BCUT2D eigenvalue weighted by molar-refractivity contribution is 8.12. The molecule has 1 aromatic rings. The van der Waals surface area contributed by atoms with E-state index in [9.17, 15) is 9.59 Å². The molecule has 1 unspecified atom stereocenters. The lowest BCUT2D eigenvalue weighted by molar-refractivity contribution is -0.138. The second-order valence-electron chi connectivity index (χ2n) is 3.54. The molecule has 3 nitrogen and oxygen atoms in total. The lowest BCUT2D eigenvalue weighted by Gasteiger charge is -2.11. The van der Waals surface area contributed by atoms with Gasteiger partial charge in [-0.1, -0.05) is 36.0 Å². The van der Waals surface area contributed by atoms with Crippen molar-refractivity contribution in [2.75, 3.05) is 0 Å². The Morgan fingerprint density at radius 3 is 2.56 bits per heavy atom. The number of carboxylic acid groups (broad SMARTS) is 1. The minimum Gasteiger partial charge on any atom is -0.481 e. The van der Waals surface area contributed by atoms with Crippen LogP contribution in [0.15, 0.2) is 24.3 Å². The summed E-state index contributed by atoms with van der Waals surface area (Å²) in [6.45, 7) is 3.16. The number of rotatable bonds is 4. The van der Waals surface area contributed by atoms with Crippen molar-refractivity contribution in [3.8, 4) is 0 Å². The third-order valence-corrected chi connectivity index (χ3v) is 3.18. The molecule has 86 valence electrons. The molecule has 0 saturated carbocycles. The molecule has 1 N–H and O–H groups in total. The topological polar surface area (TPSA) is 54.4 Å². The van der Waals surface area contributed by atoms with Crippen LogP contribution in [0.2, 0.25) is 0 Å². The number of thioether (sulfide) groups is 1. The Labute approximate surface area is 98.9 Å². The summed E-state index contributed by atoms with van der Waals surface area (Å²) in [6, 6.07) is 7.34. The average molecular weight is 238 g/mol. The fraction of sp³-hybridized carbons (Fsp3) is 0.333. The molecule has 0 spiro atoms. The summed E-state index contributed by atoms with van der Waals surface area (Å²) in [7, 11) is 0. The van der Waals surface area contributed by atoms with Crippen molar-refractivity contribution in [3.63, 3.8) is 0 Å². The highest BCUT2D eigenvalue weighted by atomic mass is 32.2. The summed E-state index contributed by atoms with van der Waals surface area (Å²) < 4.78 is 0. The highest BCUT2D eigenvalue weighted by Crippen LogP contribution is 2.24. The zero-order valence-electron chi connectivity index (χ0n) is 9.27. The largest absolute Gasteiger partial charge is 0.481 e. The number of carbonyl (C=O) groups excluding carboxylic acids is 1. The minimum absolute atomic E-state index is 0.0396. The number of hydrogen-bond acceptors (Lipinski definition) is 3. The van der Waals surface area contributed by atoms with E-state index in [1.54, 1.807) is 13.0 Å². The molecule has 4 heteroatoms. The van der Waals surface area contributed by atoms with E-state index in [0.29, 0.717) is 5.75 Å².